The molecule has 0 amide bonds. The number of sulfonamides is 1. The van der Waals surface area contributed by atoms with E-state index in [0.29, 0.717) is 10.6 Å². The van der Waals surface area contributed by atoms with Crippen LogP contribution in [-0.4, -0.2) is 8.42 Å². The van der Waals surface area contributed by atoms with Crippen LogP contribution in [0.15, 0.2) is 102 Å². The first-order valence-electron chi connectivity index (χ1n) is 11.6. The topological polar surface area (TPSA) is 37.4 Å². The van der Waals surface area contributed by atoms with E-state index >= 15 is 4.39 Å². The molecule has 0 heterocycles. The summed E-state index contributed by atoms with van der Waals surface area (Å²) < 4.78 is 58.1. The molecular formula is C29H26ClF2NO2S. The van der Waals surface area contributed by atoms with Crippen molar-refractivity contribution in [2.75, 3.05) is 4.31 Å². The van der Waals surface area contributed by atoms with Crippen LogP contribution in [0.2, 0.25) is 5.02 Å². The van der Waals surface area contributed by atoms with Crippen LogP contribution in [0.1, 0.15) is 42.5 Å². The second-order valence-corrected chi connectivity index (χ2v) is 11.0. The number of hydrogen-bond donors (Lipinski definition) is 0. The van der Waals surface area contributed by atoms with Gasteiger partial charge in [0.15, 0.2) is 0 Å². The van der Waals surface area contributed by atoms with Crippen LogP contribution >= 0.6 is 11.6 Å². The van der Waals surface area contributed by atoms with E-state index in [0.717, 1.165) is 40.1 Å². The molecule has 0 aliphatic rings. The van der Waals surface area contributed by atoms with Crippen molar-refractivity contribution in [2.45, 2.75) is 37.1 Å². The molecule has 4 rings (SSSR count). The minimum atomic E-state index is -4.29. The van der Waals surface area contributed by atoms with Crippen molar-refractivity contribution in [2.24, 2.45) is 0 Å². The van der Waals surface area contributed by atoms with Crippen molar-refractivity contribution in [3.05, 3.63) is 130 Å². The number of benzene rings is 4. The Balaban J connectivity index is 1.84. The number of nitrogens with zero attached hydrogens (tertiary/aromatic N) is 1. The maximum absolute atomic E-state index is 15.1. The van der Waals surface area contributed by atoms with Crippen LogP contribution in [0.4, 0.5) is 14.5 Å². The van der Waals surface area contributed by atoms with Gasteiger partial charge in [0.25, 0.3) is 10.0 Å². The predicted octanol–water partition coefficient (Wildman–Crippen LogP) is 7.92. The lowest BCUT2D eigenvalue weighted by atomic mass is 9.88. The molecule has 0 spiro atoms. The van der Waals surface area contributed by atoms with Gasteiger partial charge in [0.2, 0.25) is 0 Å². The number of halogens is 3. The lowest BCUT2D eigenvalue weighted by Crippen LogP contribution is -2.35. The summed E-state index contributed by atoms with van der Waals surface area (Å²) in [6.07, 6.45) is 0.739. The molecule has 36 heavy (non-hydrogen) atoms. The second-order valence-electron chi connectivity index (χ2n) is 8.75. The van der Waals surface area contributed by atoms with Gasteiger partial charge in [-0.25, -0.2) is 17.2 Å². The Morgan fingerprint density at radius 2 is 1.42 bits per heavy atom. The van der Waals surface area contributed by atoms with Gasteiger partial charge < -0.3 is 0 Å². The fraction of sp³-hybridized carbons (Fsp3) is 0.172. The lowest BCUT2D eigenvalue weighted by Gasteiger charge is -2.33. The van der Waals surface area contributed by atoms with Crippen LogP contribution in [-0.2, 0) is 16.4 Å². The zero-order valence-corrected chi connectivity index (χ0v) is 21.5. The number of hydrogen-bond acceptors (Lipinski definition) is 2. The fourth-order valence-electron chi connectivity index (χ4n) is 4.47. The number of anilines is 1. The average molecular weight is 526 g/mol. The van der Waals surface area contributed by atoms with Gasteiger partial charge >= 0.3 is 0 Å². The van der Waals surface area contributed by atoms with Crippen molar-refractivity contribution in [3.63, 3.8) is 0 Å². The minimum Gasteiger partial charge on any atom is -0.256 e. The molecule has 0 aliphatic carbocycles. The molecule has 2 atom stereocenters. The van der Waals surface area contributed by atoms with Crippen LogP contribution < -0.4 is 4.31 Å². The Labute approximate surface area is 216 Å². The first-order valence-corrected chi connectivity index (χ1v) is 13.4. The van der Waals surface area contributed by atoms with Crippen molar-refractivity contribution in [3.8, 4) is 0 Å². The maximum atomic E-state index is 15.1. The van der Waals surface area contributed by atoms with E-state index in [1.165, 1.54) is 24.3 Å². The third-order valence-corrected chi connectivity index (χ3v) is 8.38. The minimum absolute atomic E-state index is 0.0449. The van der Waals surface area contributed by atoms with Gasteiger partial charge in [-0.05, 0) is 72.4 Å². The lowest BCUT2D eigenvalue weighted by molar-refractivity contribution is 0.569. The number of rotatable bonds is 8. The molecule has 0 saturated heterocycles. The highest BCUT2D eigenvalue weighted by Gasteiger charge is 2.34. The highest BCUT2D eigenvalue weighted by molar-refractivity contribution is 7.92. The Morgan fingerprint density at radius 1 is 0.806 bits per heavy atom. The fourth-order valence-corrected chi connectivity index (χ4v) is 6.23. The van der Waals surface area contributed by atoms with Gasteiger partial charge in [-0.15, -0.1) is 0 Å². The van der Waals surface area contributed by atoms with Gasteiger partial charge in [0.05, 0.1) is 16.6 Å². The van der Waals surface area contributed by atoms with E-state index in [4.69, 9.17) is 11.6 Å². The molecule has 0 saturated carbocycles. The second kappa shape index (κ2) is 10.8. The summed E-state index contributed by atoms with van der Waals surface area (Å²) in [5.74, 6) is -1.53. The largest absolute Gasteiger partial charge is 0.264 e. The predicted molar refractivity (Wildman–Crippen MR) is 141 cm³/mol. The first-order chi connectivity index (χ1) is 17.2. The summed E-state index contributed by atoms with van der Waals surface area (Å²) in [5, 5.41) is 0.366. The van der Waals surface area contributed by atoms with E-state index < -0.39 is 27.7 Å². The van der Waals surface area contributed by atoms with Gasteiger partial charge in [-0.1, -0.05) is 73.1 Å². The van der Waals surface area contributed by atoms with Crippen LogP contribution in [0, 0.1) is 11.6 Å². The highest BCUT2D eigenvalue weighted by Crippen LogP contribution is 2.38. The highest BCUT2D eigenvalue weighted by atomic mass is 35.5. The van der Waals surface area contributed by atoms with Crippen molar-refractivity contribution in [1.82, 2.24) is 0 Å². The van der Waals surface area contributed by atoms with Crippen molar-refractivity contribution < 1.29 is 17.2 Å². The Bertz CT molecular complexity index is 1440. The normalized spacial score (nSPS) is 13.2. The third-order valence-electron chi connectivity index (χ3n) is 6.23. The molecule has 1 unspecified atom stereocenters. The Kier molecular flexibility index (Phi) is 7.76. The zero-order chi connectivity index (χ0) is 25.9. The van der Waals surface area contributed by atoms with Gasteiger partial charge in [-0.3, -0.25) is 4.31 Å². The van der Waals surface area contributed by atoms with Crippen LogP contribution in [0.3, 0.4) is 0 Å². The smallest absolute Gasteiger partial charge is 0.256 e. The first kappa shape index (κ1) is 25.9. The van der Waals surface area contributed by atoms with Crippen molar-refractivity contribution >= 4 is 27.3 Å². The van der Waals surface area contributed by atoms with Crippen LogP contribution in [0.25, 0.3) is 0 Å². The third kappa shape index (κ3) is 5.45. The summed E-state index contributed by atoms with van der Waals surface area (Å²) in [5.41, 5.74) is 2.43. The zero-order valence-electron chi connectivity index (χ0n) is 19.9. The SMILES string of the molecule is CC(Cc1ccccc1)c1ccccc1[C@@H](C)N(c1cc(F)ccc1F)S(=O)(=O)c1ccc(Cl)cc1. The van der Waals surface area contributed by atoms with Gasteiger partial charge in [0, 0.05) is 11.1 Å². The van der Waals surface area contributed by atoms with Gasteiger partial charge in [-0.2, -0.15) is 0 Å². The molecular weight excluding hydrogens is 500 g/mol. The molecule has 0 radical (unpaired) electrons. The summed E-state index contributed by atoms with van der Waals surface area (Å²) in [6.45, 7) is 3.76. The average Bonchev–Trinajstić information content (AvgIpc) is 2.87. The summed E-state index contributed by atoms with van der Waals surface area (Å²) in [4.78, 5) is -0.0720. The van der Waals surface area contributed by atoms with E-state index in [1.54, 1.807) is 6.92 Å². The summed E-state index contributed by atoms with van der Waals surface area (Å²) in [6, 6.07) is 25.1. The standard InChI is InChI=1S/C29H26ClF2NO2S/c1-20(18-22-8-4-3-5-9-22)26-10-6-7-11-27(26)21(2)33(29-19-24(31)14-17-28(29)32)36(34,35)25-15-12-23(30)13-16-25/h3-17,19-21H,18H2,1-2H3/t20?,21-/m1/s1. The van der Waals surface area contributed by atoms with E-state index in [2.05, 4.69) is 6.92 Å². The van der Waals surface area contributed by atoms with Crippen LogP contribution in [0.5, 0.6) is 0 Å². The summed E-state index contributed by atoms with van der Waals surface area (Å²) >= 11 is 5.97. The maximum Gasteiger partial charge on any atom is 0.264 e. The monoisotopic (exact) mass is 525 g/mol. The van der Waals surface area contributed by atoms with Crippen molar-refractivity contribution in [1.29, 1.82) is 0 Å². The molecule has 186 valence electrons. The van der Waals surface area contributed by atoms with Gasteiger partial charge in [0.1, 0.15) is 11.6 Å². The molecule has 7 heteroatoms. The molecule has 3 nitrogen and oxygen atoms in total. The molecule has 4 aromatic carbocycles. The van der Waals surface area contributed by atoms with E-state index in [-0.39, 0.29) is 16.5 Å². The molecule has 0 N–H and O–H groups in total. The Hall–Kier alpha value is -3.22. The summed E-state index contributed by atoms with van der Waals surface area (Å²) in [7, 11) is -4.29. The van der Waals surface area contributed by atoms with E-state index in [9.17, 15) is 12.8 Å². The molecule has 0 bridgehead atoms. The molecule has 0 fully saturated rings. The van der Waals surface area contributed by atoms with E-state index in [1.807, 2.05) is 54.6 Å². The molecule has 0 aromatic heterocycles. The quantitative estimate of drug-likeness (QED) is 0.234. The molecule has 0 aliphatic heterocycles. The molecule has 4 aromatic rings. The Morgan fingerprint density at radius 3 is 2.08 bits per heavy atom.